The molecule has 0 spiro atoms. The van der Waals surface area contributed by atoms with Crippen LogP contribution in [0.5, 0.6) is 0 Å². The van der Waals surface area contributed by atoms with Crippen LogP contribution in [0.4, 0.5) is 0 Å². The van der Waals surface area contributed by atoms with Crippen LogP contribution in [0.1, 0.15) is 219 Å². The molecule has 242 valence electrons. The van der Waals surface area contributed by atoms with Crippen molar-refractivity contribution in [2.45, 2.75) is 223 Å². The van der Waals surface area contributed by atoms with Crippen molar-refractivity contribution in [3.63, 3.8) is 0 Å². The largest absolute Gasteiger partial charge is 0.282 e. The molecule has 0 aliphatic rings. The molecular weight excluding hydrogens is 618 g/mol. The molecule has 0 aromatic carbocycles. The highest BCUT2D eigenvalue weighted by molar-refractivity contribution is 9.24. The summed E-state index contributed by atoms with van der Waals surface area (Å²) >= 11 is 7.56. The lowest BCUT2D eigenvalue weighted by Crippen LogP contribution is -2.29. The second kappa shape index (κ2) is 36.1. The van der Waals surface area contributed by atoms with Gasteiger partial charge in [-0.15, -0.1) is 0 Å². The fourth-order valence-corrected chi connectivity index (χ4v) is 6.85. The molecule has 0 aliphatic heterocycles. The van der Waals surface area contributed by atoms with Gasteiger partial charge in [0.15, 0.2) is 0 Å². The van der Waals surface area contributed by atoms with Crippen LogP contribution in [-0.4, -0.2) is 21.8 Å². The standard InChI is InChI=1S/C37H75Br2N/c1-3-5-7-9-11-13-15-17-19-21-23-25-27-29-31-33-35-40(37(38)39)36-34-32-30-28-26-24-22-20-18-16-14-12-10-8-6-4-2/h37H,3-36H2,1-2H3. The van der Waals surface area contributed by atoms with E-state index in [1.54, 1.807) is 0 Å². The minimum atomic E-state index is 0.340. The van der Waals surface area contributed by atoms with E-state index in [0.717, 1.165) is 0 Å². The van der Waals surface area contributed by atoms with Gasteiger partial charge in [0.2, 0.25) is 0 Å². The van der Waals surface area contributed by atoms with Crippen LogP contribution in [-0.2, 0) is 0 Å². The van der Waals surface area contributed by atoms with Gasteiger partial charge in [0.1, 0.15) is 3.86 Å². The van der Waals surface area contributed by atoms with E-state index in [1.165, 1.54) is 219 Å². The molecule has 0 bridgehead atoms. The Balaban J connectivity index is 3.37. The molecule has 0 amide bonds. The van der Waals surface area contributed by atoms with Gasteiger partial charge in [-0.2, -0.15) is 0 Å². The smallest absolute Gasteiger partial charge is 0.122 e. The van der Waals surface area contributed by atoms with Gasteiger partial charge in [-0.3, -0.25) is 4.90 Å². The molecule has 0 rings (SSSR count). The van der Waals surface area contributed by atoms with Crippen LogP contribution in [0.3, 0.4) is 0 Å². The Morgan fingerprint density at radius 2 is 0.475 bits per heavy atom. The number of hydrogen-bond donors (Lipinski definition) is 0. The zero-order valence-corrected chi connectivity index (χ0v) is 31.0. The summed E-state index contributed by atoms with van der Waals surface area (Å²) < 4.78 is 0.340. The summed E-state index contributed by atoms with van der Waals surface area (Å²) in [6.07, 6.45) is 46.3. The van der Waals surface area contributed by atoms with E-state index in [0.29, 0.717) is 3.86 Å². The van der Waals surface area contributed by atoms with Gasteiger partial charge < -0.3 is 0 Å². The third kappa shape index (κ3) is 33.4. The minimum Gasteiger partial charge on any atom is -0.282 e. The van der Waals surface area contributed by atoms with E-state index in [9.17, 15) is 0 Å². The average molecular weight is 694 g/mol. The Labute approximate surface area is 271 Å². The number of halogens is 2. The second-order valence-electron chi connectivity index (χ2n) is 12.9. The first-order valence-electron chi connectivity index (χ1n) is 18.7. The molecule has 0 radical (unpaired) electrons. The Morgan fingerprint density at radius 1 is 0.300 bits per heavy atom. The topological polar surface area (TPSA) is 3.24 Å². The van der Waals surface area contributed by atoms with Crippen molar-refractivity contribution in [2.24, 2.45) is 0 Å². The van der Waals surface area contributed by atoms with Gasteiger partial charge in [-0.1, -0.05) is 238 Å². The summed E-state index contributed by atoms with van der Waals surface area (Å²) in [4.78, 5) is 2.59. The number of unbranched alkanes of at least 4 members (excludes halogenated alkanes) is 30. The molecule has 0 aromatic rings. The lowest BCUT2D eigenvalue weighted by Gasteiger charge is -2.24. The van der Waals surface area contributed by atoms with Crippen molar-refractivity contribution in [1.82, 2.24) is 4.90 Å². The highest BCUT2D eigenvalue weighted by Crippen LogP contribution is 2.19. The Kier molecular flexibility index (Phi) is 36.9. The third-order valence-electron chi connectivity index (χ3n) is 8.87. The van der Waals surface area contributed by atoms with Gasteiger partial charge in [-0.25, -0.2) is 0 Å². The predicted octanol–water partition coefficient (Wildman–Crippen LogP) is 14.9. The normalized spacial score (nSPS) is 11.8. The van der Waals surface area contributed by atoms with Crippen molar-refractivity contribution in [1.29, 1.82) is 0 Å². The van der Waals surface area contributed by atoms with Gasteiger partial charge >= 0.3 is 0 Å². The first-order chi connectivity index (χ1) is 19.7. The lowest BCUT2D eigenvalue weighted by atomic mass is 10.0. The fourth-order valence-electron chi connectivity index (χ4n) is 6.03. The van der Waals surface area contributed by atoms with E-state index < -0.39 is 0 Å². The van der Waals surface area contributed by atoms with Crippen LogP contribution < -0.4 is 0 Å². The maximum Gasteiger partial charge on any atom is 0.122 e. The summed E-state index contributed by atoms with van der Waals surface area (Å²) in [6.45, 7) is 7.08. The molecule has 1 nitrogen and oxygen atoms in total. The molecule has 0 saturated carbocycles. The van der Waals surface area contributed by atoms with Gasteiger partial charge in [-0.05, 0) is 25.9 Å². The van der Waals surface area contributed by atoms with E-state index in [2.05, 4.69) is 50.6 Å². The summed E-state index contributed by atoms with van der Waals surface area (Å²) in [7, 11) is 0. The molecule has 0 aliphatic carbocycles. The third-order valence-corrected chi connectivity index (χ3v) is 10.0. The van der Waals surface area contributed by atoms with Crippen LogP contribution in [0, 0.1) is 0 Å². The Hall–Kier alpha value is 0.920. The van der Waals surface area contributed by atoms with Gasteiger partial charge in [0.25, 0.3) is 0 Å². The maximum absolute atomic E-state index is 3.78. The molecule has 3 heteroatoms. The maximum atomic E-state index is 3.78. The van der Waals surface area contributed by atoms with Crippen LogP contribution in [0.15, 0.2) is 0 Å². The molecule has 0 heterocycles. The number of alkyl halides is 2. The molecule has 0 atom stereocenters. The number of hydrogen-bond acceptors (Lipinski definition) is 1. The first kappa shape index (κ1) is 40.9. The highest BCUT2D eigenvalue weighted by Gasteiger charge is 2.11. The zero-order chi connectivity index (χ0) is 29.2. The molecule has 40 heavy (non-hydrogen) atoms. The number of rotatable bonds is 35. The molecule has 0 aromatic heterocycles. The monoisotopic (exact) mass is 691 g/mol. The van der Waals surface area contributed by atoms with E-state index in [4.69, 9.17) is 0 Å². The minimum absolute atomic E-state index is 0.340. The van der Waals surface area contributed by atoms with E-state index in [-0.39, 0.29) is 0 Å². The van der Waals surface area contributed by atoms with Crippen LogP contribution >= 0.6 is 31.9 Å². The Morgan fingerprint density at radius 3 is 0.650 bits per heavy atom. The molecular formula is C37H75Br2N. The van der Waals surface area contributed by atoms with Crippen molar-refractivity contribution in [3.8, 4) is 0 Å². The predicted molar refractivity (Wildman–Crippen MR) is 192 cm³/mol. The van der Waals surface area contributed by atoms with E-state index in [1.807, 2.05) is 0 Å². The average Bonchev–Trinajstić information content (AvgIpc) is 2.95. The Bertz CT molecular complexity index is 406. The summed E-state index contributed by atoms with van der Waals surface area (Å²) in [6, 6.07) is 0. The molecule has 0 N–H and O–H groups in total. The fraction of sp³-hybridized carbons (Fsp3) is 1.00. The van der Waals surface area contributed by atoms with E-state index >= 15 is 0 Å². The van der Waals surface area contributed by atoms with Crippen molar-refractivity contribution in [2.75, 3.05) is 13.1 Å². The van der Waals surface area contributed by atoms with Crippen molar-refractivity contribution >= 4 is 31.9 Å². The SMILES string of the molecule is CCCCCCCCCCCCCCCCCCN(CCCCCCCCCCCCCCCCCC)C(Br)Br. The summed E-state index contributed by atoms with van der Waals surface area (Å²) in [5.41, 5.74) is 0. The van der Waals surface area contributed by atoms with Crippen LogP contribution in [0.2, 0.25) is 0 Å². The number of nitrogens with zero attached hydrogens (tertiary/aromatic N) is 1. The van der Waals surface area contributed by atoms with Gasteiger partial charge in [0.05, 0.1) is 0 Å². The van der Waals surface area contributed by atoms with Crippen molar-refractivity contribution in [3.05, 3.63) is 0 Å². The summed E-state index contributed by atoms with van der Waals surface area (Å²) in [5, 5.41) is 0. The van der Waals surface area contributed by atoms with Crippen molar-refractivity contribution < 1.29 is 0 Å². The van der Waals surface area contributed by atoms with Gasteiger partial charge in [0, 0.05) is 0 Å². The first-order valence-corrected chi connectivity index (χ1v) is 20.6. The quantitative estimate of drug-likeness (QED) is 0.0363. The second-order valence-corrected chi connectivity index (χ2v) is 15.9. The van der Waals surface area contributed by atoms with Crippen LogP contribution in [0.25, 0.3) is 0 Å². The molecule has 0 unspecified atom stereocenters. The summed E-state index contributed by atoms with van der Waals surface area (Å²) in [5.74, 6) is 0. The zero-order valence-electron chi connectivity index (χ0n) is 27.8. The molecule has 0 saturated heterocycles. The molecule has 0 fully saturated rings. The highest BCUT2D eigenvalue weighted by atomic mass is 79.9. The lowest BCUT2D eigenvalue weighted by molar-refractivity contribution is 0.293.